The van der Waals surface area contributed by atoms with Gasteiger partial charge in [-0.15, -0.1) is 11.6 Å². The van der Waals surface area contributed by atoms with E-state index in [1.54, 1.807) is 0 Å². The summed E-state index contributed by atoms with van der Waals surface area (Å²) in [5.41, 5.74) is 3.09. The average molecular weight is 316 g/mol. The van der Waals surface area contributed by atoms with E-state index in [-0.39, 0.29) is 0 Å². The van der Waals surface area contributed by atoms with Crippen LogP contribution >= 0.6 is 11.6 Å². The van der Waals surface area contributed by atoms with Gasteiger partial charge in [-0.1, -0.05) is 12.1 Å². The van der Waals surface area contributed by atoms with Crippen LogP contribution in [0, 0.1) is 6.92 Å². The Kier molecular flexibility index (Phi) is 4.67. The van der Waals surface area contributed by atoms with Crippen molar-refractivity contribution < 1.29 is 8.42 Å². The molecule has 0 amide bonds. The molecule has 1 aromatic heterocycles. The summed E-state index contributed by atoms with van der Waals surface area (Å²) in [6.07, 6.45) is 1.82. The molecule has 5 nitrogen and oxygen atoms in total. The highest BCUT2D eigenvalue weighted by molar-refractivity contribution is 7.88. The standard InChI is InChI=1S/C13H18ClN3O2S/c1-10-4-3-5-11-13(10)17(12(16-11)6-7-14)9-8-15-20(2,18)19/h3-5,15H,6-9H2,1-2H3. The van der Waals surface area contributed by atoms with Crippen LogP contribution in [0.1, 0.15) is 11.4 Å². The van der Waals surface area contributed by atoms with Gasteiger partial charge in [-0.05, 0) is 18.6 Å². The minimum absolute atomic E-state index is 0.341. The van der Waals surface area contributed by atoms with E-state index in [9.17, 15) is 8.42 Å². The van der Waals surface area contributed by atoms with Crippen molar-refractivity contribution in [1.29, 1.82) is 0 Å². The summed E-state index contributed by atoms with van der Waals surface area (Å²) in [5.74, 6) is 1.38. The first-order chi connectivity index (χ1) is 9.42. The van der Waals surface area contributed by atoms with E-state index in [4.69, 9.17) is 11.6 Å². The number of alkyl halides is 1. The fraction of sp³-hybridized carbons (Fsp3) is 0.462. The van der Waals surface area contributed by atoms with Gasteiger partial charge in [0.25, 0.3) is 0 Å². The third-order valence-electron chi connectivity index (χ3n) is 3.07. The zero-order valence-corrected chi connectivity index (χ0v) is 13.1. The second-order valence-electron chi connectivity index (χ2n) is 4.73. The molecule has 110 valence electrons. The van der Waals surface area contributed by atoms with Crippen molar-refractivity contribution >= 4 is 32.7 Å². The number of benzene rings is 1. The number of halogens is 1. The molecule has 0 aliphatic rings. The molecule has 2 aromatic rings. The summed E-state index contributed by atoms with van der Waals surface area (Å²) in [4.78, 5) is 4.58. The van der Waals surface area contributed by atoms with Crippen molar-refractivity contribution in [3.05, 3.63) is 29.6 Å². The van der Waals surface area contributed by atoms with E-state index in [2.05, 4.69) is 9.71 Å². The van der Waals surface area contributed by atoms with Crippen molar-refractivity contribution in [1.82, 2.24) is 14.3 Å². The topological polar surface area (TPSA) is 64.0 Å². The normalized spacial score (nSPS) is 12.2. The fourth-order valence-corrected chi connectivity index (χ4v) is 2.90. The predicted octanol–water partition coefficient (Wildman–Crippen LogP) is 1.68. The first kappa shape index (κ1) is 15.3. The Bertz CT molecular complexity index is 710. The highest BCUT2D eigenvalue weighted by Gasteiger charge is 2.12. The monoisotopic (exact) mass is 315 g/mol. The number of hydrogen-bond acceptors (Lipinski definition) is 3. The highest BCUT2D eigenvalue weighted by atomic mass is 35.5. The van der Waals surface area contributed by atoms with Crippen molar-refractivity contribution in [3.8, 4) is 0 Å². The zero-order chi connectivity index (χ0) is 14.8. The van der Waals surface area contributed by atoms with E-state index in [0.29, 0.717) is 25.4 Å². The lowest BCUT2D eigenvalue weighted by Crippen LogP contribution is -2.26. The van der Waals surface area contributed by atoms with Crippen LogP contribution in [-0.2, 0) is 23.0 Å². The Morgan fingerprint density at radius 1 is 1.40 bits per heavy atom. The molecule has 0 aliphatic carbocycles. The molecule has 0 unspecified atom stereocenters. The molecule has 0 saturated carbocycles. The Morgan fingerprint density at radius 3 is 2.80 bits per heavy atom. The molecule has 1 heterocycles. The lowest BCUT2D eigenvalue weighted by atomic mass is 10.2. The molecule has 20 heavy (non-hydrogen) atoms. The van der Waals surface area contributed by atoms with Crippen LogP contribution in [0.5, 0.6) is 0 Å². The van der Waals surface area contributed by atoms with Crippen LogP contribution in [0.15, 0.2) is 18.2 Å². The summed E-state index contributed by atoms with van der Waals surface area (Å²) in [7, 11) is -3.18. The van der Waals surface area contributed by atoms with Crippen molar-refractivity contribution in [2.24, 2.45) is 0 Å². The summed E-state index contributed by atoms with van der Waals surface area (Å²) >= 11 is 5.82. The molecule has 2 rings (SSSR count). The molecule has 0 saturated heterocycles. The van der Waals surface area contributed by atoms with Gasteiger partial charge in [0.2, 0.25) is 10.0 Å². The number of nitrogens with one attached hydrogen (secondary N) is 1. The Labute approximate surface area is 124 Å². The SMILES string of the molecule is Cc1cccc2nc(CCCl)n(CCNS(C)(=O)=O)c12. The van der Waals surface area contributed by atoms with E-state index in [0.717, 1.165) is 28.7 Å². The van der Waals surface area contributed by atoms with Crippen LogP contribution in [0.3, 0.4) is 0 Å². The number of para-hydroxylation sites is 1. The van der Waals surface area contributed by atoms with Gasteiger partial charge in [0.1, 0.15) is 5.82 Å². The molecule has 0 radical (unpaired) electrons. The van der Waals surface area contributed by atoms with Crippen LogP contribution in [0.25, 0.3) is 11.0 Å². The Morgan fingerprint density at radius 2 is 2.15 bits per heavy atom. The predicted molar refractivity (Wildman–Crippen MR) is 81.7 cm³/mol. The largest absolute Gasteiger partial charge is 0.326 e. The number of imidazole rings is 1. The molecule has 0 fully saturated rings. The third-order valence-corrected chi connectivity index (χ3v) is 3.98. The van der Waals surface area contributed by atoms with Gasteiger partial charge < -0.3 is 4.57 Å². The second kappa shape index (κ2) is 6.11. The summed E-state index contributed by atoms with van der Waals surface area (Å²) < 4.78 is 26.8. The van der Waals surface area contributed by atoms with Crippen LogP contribution < -0.4 is 4.72 Å². The number of sulfonamides is 1. The molecule has 0 atom stereocenters. The maximum atomic E-state index is 11.1. The smallest absolute Gasteiger partial charge is 0.208 e. The first-order valence-corrected chi connectivity index (χ1v) is 8.80. The highest BCUT2D eigenvalue weighted by Crippen LogP contribution is 2.20. The zero-order valence-electron chi connectivity index (χ0n) is 11.6. The molecule has 0 spiro atoms. The Balaban J connectivity index is 2.35. The Hall–Kier alpha value is -1.11. The molecule has 1 aromatic carbocycles. The fourth-order valence-electron chi connectivity index (χ4n) is 2.27. The number of aryl methyl sites for hydroxylation is 2. The molecular formula is C13H18ClN3O2S. The van der Waals surface area contributed by atoms with Gasteiger partial charge in [-0.25, -0.2) is 18.1 Å². The maximum Gasteiger partial charge on any atom is 0.208 e. The van der Waals surface area contributed by atoms with Crippen LogP contribution in [0.2, 0.25) is 0 Å². The quantitative estimate of drug-likeness (QED) is 0.825. The van der Waals surface area contributed by atoms with Gasteiger partial charge in [0, 0.05) is 25.4 Å². The van der Waals surface area contributed by atoms with Crippen LogP contribution in [-0.4, -0.2) is 36.6 Å². The van der Waals surface area contributed by atoms with Crippen molar-refractivity contribution in [2.45, 2.75) is 19.9 Å². The number of rotatable bonds is 6. The first-order valence-electron chi connectivity index (χ1n) is 6.37. The van der Waals surface area contributed by atoms with Gasteiger partial charge in [0.15, 0.2) is 0 Å². The second-order valence-corrected chi connectivity index (χ2v) is 6.94. The third kappa shape index (κ3) is 3.50. The molecule has 1 N–H and O–H groups in total. The van der Waals surface area contributed by atoms with Crippen molar-refractivity contribution in [2.75, 3.05) is 18.7 Å². The van der Waals surface area contributed by atoms with Crippen LogP contribution in [0.4, 0.5) is 0 Å². The average Bonchev–Trinajstić information content (AvgIpc) is 2.68. The minimum atomic E-state index is -3.18. The number of hydrogen-bond donors (Lipinski definition) is 1. The number of fused-ring (bicyclic) bond motifs is 1. The lowest BCUT2D eigenvalue weighted by Gasteiger charge is -2.10. The minimum Gasteiger partial charge on any atom is -0.326 e. The van der Waals surface area contributed by atoms with E-state index >= 15 is 0 Å². The van der Waals surface area contributed by atoms with Gasteiger partial charge >= 0.3 is 0 Å². The molecule has 0 aliphatic heterocycles. The maximum absolute atomic E-state index is 11.1. The molecule has 0 bridgehead atoms. The summed E-state index contributed by atoms with van der Waals surface area (Å²) in [6, 6.07) is 5.95. The van der Waals surface area contributed by atoms with Gasteiger partial charge in [-0.2, -0.15) is 0 Å². The molecule has 7 heteroatoms. The number of nitrogens with zero attached hydrogens (tertiary/aromatic N) is 2. The van der Waals surface area contributed by atoms with E-state index in [1.165, 1.54) is 0 Å². The van der Waals surface area contributed by atoms with Crippen molar-refractivity contribution in [3.63, 3.8) is 0 Å². The molecular weight excluding hydrogens is 298 g/mol. The van der Waals surface area contributed by atoms with E-state index < -0.39 is 10.0 Å². The number of aromatic nitrogens is 2. The van der Waals surface area contributed by atoms with E-state index in [1.807, 2.05) is 29.7 Å². The summed E-state index contributed by atoms with van der Waals surface area (Å²) in [6.45, 7) is 2.91. The summed E-state index contributed by atoms with van der Waals surface area (Å²) in [5, 5.41) is 0. The lowest BCUT2D eigenvalue weighted by molar-refractivity contribution is 0.577. The van der Waals surface area contributed by atoms with Gasteiger partial charge in [0.05, 0.1) is 17.3 Å². The van der Waals surface area contributed by atoms with Gasteiger partial charge in [-0.3, -0.25) is 0 Å².